The van der Waals surface area contributed by atoms with Crippen molar-refractivity contribution in [2.75, 3.05) is 6.54 Å². The third kappa shape index (κ3) is 4.85. The minimum Gasteiger partial charge on any atom is -0.481 e. The second kappa shape index (κ2) is 7.89. The SMILES string of the molecule is CCC(NC(=O)NCC(C(=O)O)C(C)C)c1cccs1. The lowest BCUT2D eigenvalue weighted by molar-refractivity contribution is -0.142. The number of carboxylic acids is 1. The Bertz CT molecular complexity index is 432. The van der Waals surface area contributed by atoms with Crippen molar-refractivity contribution in [3.63, 3.8) is 0 Å². The quantitative estimate of drug-likeness (QED) is 0.724. The summed E-state index contributed by atoms with van der Waals surface area (Å²) < 4.78 is 0. The van der Waals surface area contributed by atoms with Gasteiger partial charge in [-0.25, -0.2) is 4.79 Å². The van der Waals surface area contributed by atoms with Crippen molar-refractivity contribution in [2.45, 2.75) is 33.2 Å². The van der Waals surface area contributed by atoms with E-state index in [1.165, 1.54) is 0 Å². The van der Waals surface area contributed by atoms with Crippen LogP contribution in [0.5, 0.6) is 0 Å². The van der Waals surface area contributed by atoms with Crippen LogP contribution in [0.15, 0.2) is 17.5 Å². The Morgan fingerprint density at radius 3 is 2.55 bits per heavy atom. The molecule has 1 rings (SSSR count). The molecule has 0 spiro atoms. The molecule has 2 unspecified atom stereocenters. The zero-order chi connectivity index (χ0) is 15.1. The number of carbonyl (C=O) groups is 2. The fourth-order valence-corrected chi connectivity index (χ4v) is 2.75. The molecule has 20 heavy (non-hydrogen) atoms. The predicted molar refractivity (Wildman–Crippen MR) is 79.8 cm³/mol. The summed E-state index contributed by atoms with van der Waals surface area (Å²) in [6.45, 7) is 5.80. The molecule has 0 aliphatic rings. The minimum atomic E-state index is -0.884. The van der Waals surface area contributed by atoms with Crippen LogP contribution in [0.2, 0.25) is 0 Å². The highest BCUT2D eigenvalue weighted by Gasteiger charge is 2.22. The first-order chi connectivity index (χ1) is 9.45. The van der Waals surface area contributed by atoms with E-state index in [4.69, 9.17) is 5.11 Å². The molecular weight excluding hydrogens is 276 g/mol. The van der Waals surface area contributed by atoms with Gasteiger partial charge >= 0.3 is 12.0 Å². The summed E-state index contributed by atoms with van der Waals surface area (Å²) in [7, 11) is 0. The van der Waals surface area contributed by atoms with Crippen LogP contribution in [0, 0.1) is 11.8 Å². The first-order valence-electron chi connectivity index (χ1n) is 6.76. The summed E-state index contributed by atoms with van der Waals surface area (Å²) in [6, 6.07) is 3.57. The van der Waals surface area contributed by atoms with Gasteiger partial charge in [0.05, 0.1) is 12.0 Å². The van der Waals surface area contributed by atoms with Crippen LogP contribution in [0.4, 0.5) is 4.79 Å². The van der Waals surface area contributed by atoms with Crippen molar-refractivity contribution in [3.8, 4) is 0 Å². The maximum absolute atomic E-state index is 11.8. The van der Waals surface area contributed by atoms with Gasteiger partial charge in [-0.1, -0.05) is 26.8 Å². The number of carbonyl (C=O) groups excluding carboxylic acids is 1. The third-order valence-electron chi connectivity index (χ3n) is 3.20. The monoisotopic (exact) mass is 298 g/mol. The topological polar surface area (TPSA) is 78.4 Å². The van der Waals surface area contributed by atoms with Gasteiger partial charge in [-0.3, -0.25) is 4.79 Å². The Kier molecular flexibility index (Phi) is 6.51. The second-order valence-corrected chi connectivity index (χ2v) is 6.00. The Morgan fingerprint density at radius 2 is 2.10 bits per heavy atom. The van der Waals surface area contributed by atoms with Crippen molar-refractivity contribution in [1.82, 2.24) is 10.6 Å². The Labute approximate surface area is 123 Å². The Balaban J connectivity index is 2.48. The summed E-state index contributed by atoms with van der Waals surface area (Å²) in [5.41, 5.74) is 0. The van der Waals surface area contributed by atoms with Gasteiger partial charge in [0, 0.05) is 11.4 Å². The maximum Gasteiger partial charge on any atom is 0.315 e. The highest BCUT2D eigenvalue weighted by atomic mass is 32.1. The van der Waals surface area contributed by atoms with E-state index in [2.05, 4.69) is 10.6 Å². The van der Waals surface area contributed by atoms with Gasteiger partial charge < -0.3 is 15.7 Å². The molecular formula is C14H22N2O3S. The number of thiophene rings is 1. The maximum atomic E-state index is 11.8. The van der Waals surface area contributed by atoms with Crippen molar-refractivity contribution in [2.24, 2.45) is 11.8 Å². The molecule has 0 aliphatic heterocycles. The molecule has 2 atom stereocenters. The number of urea groups is 1. The molecule has 2 amide bonds. The van der Waals surface area contributed by atoms with E-state index in [9.17, 15) is 9.59 Å². The van der Waals surface area contributed by atoms with Crippen LogP contribution in [0.25, 0.3) is 0 Å². The second-order valence-electron chi connectivity index (χ2n) is 5.02. The van der Waals surface area contributed by atoms with Crippen LogP contribution in [0.1, 0.15) is 38.1 Å². The summed E-state index contributed by atoms with van der Waals surface area (Å²) in [5.74, 6) is -1.47. The number of hydrogen-bond donors (Lipinski definition) is 3. The Morgan fingerprint density at radius 1 is 1.40 bits per heavy atom. The van der Waals surface area contributed by atoms with E-state index >= 15 is 0 Å². The van der Waals surface area contributed by atoms with Crippen molar-refractivity contribution in [1.29, 1.82) is 0 Å². The molecule has 0 saturated carbocycles. The lowest BCUT2D eigenvalue weighted by atomic mass is 9.96. The number of amides is 2. The molecule has 0 radical (unpaired) electrons. The molecule has 1 aromatic rings. The standard InChI is InChI=1S/C14H22N2O3S/c1-4-11(12-6-5-7-20-12)16-14(19)15-8-10(9(2)3)13(17)18/h5-7,9-11H,4,8H2,1-3H3,(H,17,18)(H2,15,16,19). The zero-order valence-electron chi connectivity index (χ0n) is 12.1. The lowest BCUT2D eigenvalue weighted by Crippen LogP contribution is -2.42. The van der Waals surface area contributed by atoms with Gasteiger partial charge in [0.25, 0.3) is 0 Å². The number of aliphatic carboxylic acids is 1. The number of hydrogen-bond acceptors (Lipinski definition) is 3. The van der Waals surface area contributed by atoms with E-state index in [1.807, 2.05) is 38.3 Å². The average Bonchev–Trinajstić information content (AvgIpc) is 2.88. The van der Waals surface area contributed by atoms with Crippen molar-refractivity contribution < 1.29 is 14.7 Å². The average molecular weight is 298 g/mol. The van der Waals surface area contributed by atoms with Crippen molar-refractivity contribution in [3.05, 3.63) is 22.4 Å². The van der Waals surface area contributed by atoms with Crippen molar-refractivity contribution >= 4 is 23.3 Å². The van der Waals surface area contributed by atoms with Crippen LogP contribution in [-0.4, -0.2) is 23.7 Å². The lowest BCUT2D eigenvalue weighted by Gasteiger charge is -2.19. The molecule has 0 saturated heterocycles. The minimum absolute atomic E-state index is 0.0212. The largest absolute Gasteiger partial charge is 0.481 e. The first kappa shape index (κ1) is 16.5. The fourth-order valence-electron chi connectivity index (χ4n) is 1.88. The van der Waals surface area contributed by atoms with E-state index in [0.29, 0.717) is 0 Å². The van der Waals surface area contributed by atoms with Crippen LogP contribution < -0.4 is 10.6 Å². The van der Waals surface area contributed by atoms with Crippen LogP contribution >= 0.6 is 11.3 Å². The smallest absolute Gasteiger partial charge is 0.315 e. The fraction of sp³-hybridized carbons (Fsp3) is 0.571. The summed E-state index contributed by atoms with van der Waals surface area (Å²) in [4.78, 5) is 24.0. The van der Waals surface area contributed by atoms with Gasteiger partial charge in [0.1, 0.15) is 0 Å². The molecule has 0 aromatic carbocycles. The highest BCUT2D eigenvalue weighted by Crippen LogP contribution is 2.21. The van der Waals surface area contributed by atoms with Gasteiger partial charge in [0.15, 0.2) is 0 Å². The van der Waals surface area contributed by atoms with Gasteiger partial charge in [-0.05, 0) is 23.8 Å². The van der Waals surface area contributed by atoms with Crippen LogP contribution in [-0.2, 0) is 4.79 Å². The van der Waals surface area contributed by atoms with E-state index in [0.717, 1.165) is 11.3 Å². The van der Waals surface area contributed by atoms with E-state index in [-0.39, 0.29) is 24.5 Å². The third-order valence-corrected chi connectivity index (χ3v) is 4.19. The molecule has 1 heterocycles. The van der Waals surface area contributed by atoms with E-state index in [1.54, 1.807) is 11.3 Å². The van der Waals surface area contributed by atoms with Gasteiger partial charge in [0.2, 0.25) is 0 Å². The van der Waals surface area contributed by atoms with Gasteiger partial charge in [-0.15, -0.1) is 11.3 Å². The molecule has 0 fully saturated rings. The van der Waals surface area contributed by atoms with Crippen LogP contribution in [0.3, 0.4) is 0 Å². The van der Waals surface area contributed by atoms with E-state index < -0.39 is 11.9 Å². The first-order valence-corrected chi connectivity index (χ1v) is 7.64. The number of rotatable bonds is 7. The Hall–Kier alpha value is -1.56. The molecule has 6 heteroatoms. The highest BCUT2D eigenvalue weighted by molar-refractivity contribution is 7.10. The number of nitrogens with one attached hydrogen (secondary N) is 2. The summed E-state index contributed by atoms with van der Waals surface area (Å²) in [6.07, 6.45) is 0.792. The van der Waals surface area contributed by atoms with Gasteiger partial charge in [-0.2, -0.15) is 0 Å². The molecule has 0 bridgehead atoms. The number of carboxylic acid groups (broad SMARTS) is 1. The molecule has 112 valence electrons. The summed E-state index contributed by atoms with van der Waals surface area (Å²) in [5, 5.41) is 16.5. The zero-order valence-corrected chi connectivity index (χ0v) is 12.9. The molecule has 0 aliphatic carbocycles. The molecule has 1 aromatic heterocycles. The summed E-state index contributed by atoms with van der Waals surface area (Å²) >= 11 is 1.60. The molecule has 5 nitrogen and oxygen atoms in total. The normalized spacial score (nSPS) is 13.8. The predicted octanol–water partition coefficient (Wildman–Crippen LogP) is 2.86. The molecule has 3 N–H and O–H groups in total.